The second kappa shape index (κ2) is 15.6. The van der Waals surface area contributed by atoms with Crippen LogP contribution in [-0.2, 0) is 43.8 Å². The molecule has 5 rings (SSSR count). The van der Waals surface area contributed by atoms with Gasteiger partial charge in [0.1, 0.15) is 11.0 Å². The van der Waals surface area contributed by atoms with E-state index in [2.05, 4.69) is 14.9 Å². The van der Waals surface area contributed by atoms with E-state index in [0.29, 0.717) is 107 Å². The molecular weight excluding hydrogens is 594 g/mol. The van der Waals surface area contributed by atoms with E-state index in [9.17, 15) is 4.79 Å². The number of hydrogen-bond acceptors (Lipinski definition) is 14. The number of piperazine rings is 1. The minimum atomic E-state index is 0.0197. The number of carbonyl (C=O) groups is 1. The van der Waals surface area contributed by atoms with Crippen molar-refractivity contribution in [2.75, 3.05) is 134 Å². The summed E-state index contributed by atoms with van der Waals surface area (Å²) in [7, 11) is 10.5. The molecule has 1 fully saturated rings. The van der Waals surface area contributed by atoms with E-state index >= 15 is 0 Å². The summed E-state index contributed by atoms with van der Waals surface area (Å²) < 4.78 is 23.7. The Balaban J connectivity index is 1.73. The third kappa shape index (κ3) is 7.40. The number of fused-ring (bicyclic) bond motifs is 2. The van der Waals surface area contributed by atoms with Gasteiger partial charge >= 0.3 is 0 Å². The molecule has 46 heavy (non-hydrogen) atoms. The second-order valence-corrected chi connectivity index (χ2v) is 11.5. The van der Waals surface area contributed by atoms with Gasteiger partial charge in [0.25, 0.3) is 0 Å². The highest BCUT2D eigenvalue weighted by atomic mass is 16.5. The van der Waals surface area contributed by atoms with Gasteiger partial charge in [0.2, 0.25) is 17.8 Å². The van der Waals surface area contributed by atoms with Crippen molar-refractivity contribution in [2.45, 2.75) is 13.0 Å². The Morgan fingerprint density at radius 1 is 0.696 bits per heavy atom. The van der Waals surface area contributed by atoms with Crippen molar-refractivity contribution in [1.29, 1.82) is 0 Å². The van der Waals surface area contributed by atoms with Crippen molar-refractivity contribution in [1.82, 2.24) is 34.6 Å². The van der Waals surface area contributed by atoms with Crippen LogP contribution in [0.1, 0.15) is 11.3 Å². The average molecular weight is 642 g/mol. The van der Waals surface area contributed by atoms with E-state index in [1.54, 1.807) is 33.3 Å². The van der Waals surface area contributed by atoms with Gasteiger partial charge in [0.15, 0.2) is 11.6 Å². The maximum atomic E-state index is 13.0. The Morgan fingerprint density at radius 3 is 1.67 bits per heavy atom. The minimum Gasteiger partial charge on any atom is -0.383 e. The highest BCUT2D eigenvalue weighted by Crippen LogP contribution is 2.35. The molecule has 0 radical (unpaired) electrons. The smallest absolute Gasteiger partial charge is 0.241 e. The molecule has 0 N–H and O–H groups in total. The van der Waals surface area contributed by atoms with Crippen LogP contribution in [0.3, 0.4) is 0 Å². The van der Waals surface area contributed by atoms with Crippen molar-refractivity contribution in [3.63, 3.8) is 0 Å². The van der Waals surface area contributed by atoms with Crippen LogP contribution in [0.2, 0.25) is 0 Å². The quantitative estimate of drug-likeness (QED) is 0.210. The lowest BCUT2D eigenvalue weighted by molar-refractivity contribution is -0.129. The molecule has 0 bridgehead atoms. The molecule has 0 unspecified atom stereocenters. The number of ether oxygens (including phenoxy) is 4. The van der Waals surface area contributed by atoms with Gasteiger partial charge in [-0.05, 0) is 12.0 Å². The van der Waals surface area contributed by atoms with Crippen molar-refractivity contribution in [3.05, 3.63) is 17.5 Å². The minimum absolute atomic E-state index is 0.0197. The topological polar surface area (TPSA) is 140 Å². The summed E-state index contributed by atoms with van der Waals surface area (Å²) in [6.45, 7) is 6.93. The van der Waals surface area contributed by atoms with Gasteiger partial charge in [-0.25, -0.2) is 9.97 Å². The first kappa shape index (κ1) is 33.5. The van der Waals surface area contributed by atoms with Crippen molar-refractivity contribution >= 4 is 40.5 Å². The van der Waals surface area contributed by atoms with E-state index in [4.69, 9.17) is 38.9 Å². The van der Waals surface area contributed by atoms with E-state index in [-0.39, 0.29) is 12.5 Å². The standard InChI is InChI=1S/C30H47N11O5/c1-36-9-10-41(21-24(36)42)28-26-25(32-30(35-28)39(13-17-45-5)14-18-46-6)27(40-8-7-22-19-31-37(2)23(22)20-40)34-29(33-26)38(11-15-43-3)12-16-44-4/h19H,7-18,20-21H2,1-6H3. The Bertz CT molecular complexity index is 1450. The molecule has 3 aromatic heterocycles. The van der Waals surface area contributed by atoms with E-state index in [1.807, 2.05) is 34.8 Å². The molecule has 252 valence electrons. The maximum Gasteiger partial charge on any atom is 0.241 e. The first-order valence-electron chi connectivity index (χ1n) is 15.7. The van der Waals surface area contributed by atoms with Crippen LogP contribution in [0.4, 0.5) is 23.5 Å². The molecule has 0 spiro atoms. The molecule has 0 aliphatic carbocycles. The van der Waals surface area contributed by atoms with Gasteiger partial charge in [-0.1, -0.05) is 0 Å². The second-order valence-electron chi connectivity index (χ2n) is 11.5. The van der Waals surface area contributed by atoms with Gasteiger partial charge in [-0.2, -0.15) is 15.1 Å². The van der Waals surface area contributed by atoms with E-state index in [0.717, 1.165) is 18.7 Å². The number of hydrogen-bond donors (Lipinski definition) is 0. The summed E-state index contributed by atoms with van der Waals surface area (Å²) in [6, 6.07) is 0. The predicted octanol–water partition coefficient (Wildman–Crippen LogP) is 0.193. The number of carbonyl (C=O) groups excluding carboxylic acids is 1. The summed E-state index contributed by atoms with van der Waals surface area (Å²) in [5.74, 6) is 2.36. The molecule has 16 heteroatoms. The molecule has 0 aromatic carbocycles. The first-order chi connectivity index (χ1) is 22.4. The lowest BCUT2D eigenvalue weighted by Gasteiger charge is -2.35. The molecular formula is C30H47N11O5. The van der Waals surface area contributed by atoms with Crippen LogP contribution in [0.25, 0.3) is 11.0 Å². The number of methoxy groups -OCH3 is 4. The average Bonchev–Trinajstić information content (AvgIpc) is 3.44. The number of amides is 1. The van der Waals surface area contributed by atoms with Crippen molar-refractivity contribution < 1.29 is 23.7 Å². The monoisotopic (exact) mass is 641 g/mol. The van der Waals surface area contributed by atoms with E-state index < -0.39 is 0 Å². The van der Waals surface area contributed by atoms with Crippen LogP contribution >= 0.6 is 0 Å². The Labute approximate surface area is 270 Å². The zero-order valence-electron chi connectivity index (χ0n) is 27.9. The van der Waals surface area contributed by atoms with E-state index in [1.165, 1.54) is 5.56 Å². The Hall–Kier alpha value is -3.86. The molecule has 2 aliphatic heterocycles. The third-order valence-corrected chi connectivity index (χ3v) is 8.51. The maximum absolute atomic E-state index is 13.0. The third-order valence-electron chi connectivity index (χ3n) is 8.51. The van der Waals surface area contributed by atoms with Gasteiger partial charge in [0.05, 0.1) is 51.4 Å². The fraction of sp³-hybridized carbons (Fsp3) is 0.667. The lowest BCUT2D eigenvalue weighted by atomic mass is 10.1. The zero-order valence-corrected chi connectivity index (χ0v) is 27.9. The number of aryl methyl sites for hydroxylation is 1. The largest absolute Gasteiger partial charge is 0.383 e. The van der Waals surface area contributed by atoms with Crippen LogP contribution in [0, 0.1) is 0 Å². The summed E-state index contributed by atoms with van der Waals surface area (Å²) in [5, 5.41) is 4.51. The fourth-order valence-electron chi connectivity index (χ4n) is 5.67. The Morgan fingerprint density at radius 2 is 1.20 bits per heavy atom. The van der Waals surface area contributed by atoms with Gasteiger partial charge in [-0.15, -0.1) is 0 Å². The summed E-state index contributed by atoms with van der Waals surface area (Å²) in [5.41, 5.74) is 3.58. The summed E-state index contributed by atoms with van der Waals surface area (Å²) in [4.78, 5) is 43.7. The molecule has 5 heterocycles. The van der Waals surface area contributed by atoms with Crippen molar-refractivity contribution in [3.8, 4) is 0 Å². The number of anilines is 4. The summed E-state index contributed by atoms with van der Waals surface area (Å²) in [6.07, 6.45) is 2.77. The lowest BCUT2D eigenvalue weighted by Crippen LogP contribution is -2.49. The molecule has 1 saturated heterocycles. The SMILES string of the molecule is COCCN(CCOC)c1nc(N2CCc3cnn(C)c3C2)c2nc(N(CCOC)CCOC)nc(N3CCN(C)C(=O)C3)c2n1. The number of nitrogens with zero attached hydrogens (tertiary/aromatic N) is 11. The van der Waals surface area contributed by atoms with Crippen LogP contribution in [0.5, 0.6) is 0 Å². The highest BCUT2D eigenvalue weighted by Gasteiger charge is 2.31. The first-order valence-corrected chi connectivity index (χ1v) is 15.7. The molecule has 2 aliphatic rings. The van der Waals surface area contributed by atoms with Crippen LogP contribution in [-0.4, -0.2) is 155 Å². The molecule has 1 amide bonds. The number of likely N-dealkylation sites (N-methyl/N-ethyl adjacent to an activating group) is 1. The van der Waals surface area contributed by atoms with Crippen molar-refractivity contribution in [2.24, 2.45) is 7.05 Å². The molecule has 0 atom stereocenters. The molecule has 16 nitrogen and oxygen atoms in total. The Kier molecular flexibility index (Phi) is 11.4. The normalized spacial score (nSPS) is 15.2. The molecule has 3 aromatic rings. The molecule has 0 saturated carbocycles. The fourth-order valence-corrected chi connectivity index (χ4v) is 5.67. The van der Waals surface area contributed by atoms with Crippen LogP contribution < -0.4 is 19.6 Å². The summed E-state index contributed by atoms with van der Waals surface area (Å²) >= 11 is 0. The van der Waals surface area contributed by atoms with Crippen LogP contribution in [0.15, 0.2) is 6.20 Å². The van der Waals surface area contributed by atoms with Gasteiger partial charge < -0.3 is 43.4 Å². The predicted molar refractivity (Wildman–Crippen MR) is 175 cm³/mol. The highest BCUT2D eigenvalue weighted by molar-refractivity contribution is 5.96. The van der Waals surface area contributed by atoms with Gasteiger partial charge in [-0.3, -0.25) is 9.48 Å². The number of aromatic nitrogens is 6. The zero-order chi connectivity index (χ0) is 32.6. The number of rotatable bonds is 16. The van der Waals surface area contributed by atoms with Gasteiger partial charge in [0, 0.05) is 88.3 Å².